The normalized spacial score (nSPS) is 10.7. The molecule has 1 heterocycles. The van der Waals surface area contributed by atoms with Gasteiger partial charge in [-0.15, -0.1) is 0 Å². The molecule has 3 aromatic rings. The number of fused-ring (bicyclic) bond motifs is 1. The van der Waals surface area contributed by atoms with Crippen LogP contribution in [0.2, 0.25) is 0 Å². The second kappa shape index (κ2) is 7.01. The monoisotopic (exact) mass is 465 g/mol. The van der Waals surface area contributed by atoms with Crippen LogP contribution < -0.4 is 5.32 Å². The van der Waals surface area contributed by atoms with E-state index in [1.807, 2.05) is 25.1 Å². The van der Waals surface area contributed by atoms with Crippen LogP contribution in [0.5, 0.6) is 0 Å². The van der Waals surface area contributed by atoms with Crippen molar-refractivity contribution in [3.05, 3.63) is 62.2 Å². The van der Waals surface area contributed by atoms with Crippen LogP contribution in [0.3, 0.4) is 0 Å². The van der Waals surface area contributed by atoms with Crippen LogP contribution in [0, 0.1) is 6.92 Å². The number of esters is 1. The van der Waals surface area contributed by atoms with Crippen LogP contribution in [0.4, 0.5) is 5.69 Å². The Morgan fingerprint density at radius 1 is 1.16 bits per heavy atom. The molecule has 0 fully saturated rings. The lowest BCUT2D eigenvalue weighted by atomic mass is 10.1. The number of ether oxygens (including phenoxy) is 1. The van der Waals surface area contributed by atoms with Crippen LogP contribution in [-0.4, -0.2) is 19.0 Å². The van der Waals surface area contributed by atoms with E-state index in [9.17, 15) is 9.59 Å². The fourth-order valence-corrected chi connectivity index (χ4v) is 3.86. The molecule has 0 atom stereocenters. The first kappa shape index (κ1) is 17.7. The standard InChI is InChI=1S/C18H13Br2NO4/c1-9-11-5-3-4-6-14(11)25-16(9)17(22)21-15-12(18(23)24-2)7-10(19)8-13(15)20/h3-8H,1-2H3,(H,21,22). The van der Waals surface area contributed by atoms with E-state index in [0.29, 0.717) is 20.2 Å². The zero-order valence-corrected chi connectivity index (χ0v) is 16.5. The second-order valence-electron chi connectivity index (χ2n) is 5.31. The van der Waals surface area contributed by atoms with E-state index in [1.165, 1.54) is 7.11 Å². The average Bonchev–Trinajstić information content (AvgIpc) is 2.93. The van der Waals surface area contributed by atoms with Crippen molar-refractivity contribution in [1.29, 1.82) is 0 Å². The Labute approximate surface area is 160 Å². The van der Waals surface area contributed by atoms with Crippen molar-refractivity contribution in [2.45, 2.75) is 6.92 Å². The predicted molar refractivity (Wildman–Crippen MR) is 102 cm³/mol. The van der Waals surface area contributed by atoms with Crippen LogP contribution in [0.1, 0.15) is 26.5 Å². The maximum absolute atomic E-state index is 12.7. The van der Waals surface area contributed by atoms with Crippen molar-refractivity contribution in [1.82, 2.24) is 0 Å². The fourth-order valence-electron chi connectivity index (χ4n) is 2.53. The van der Waals surface area contributed by atoms with Gasteiger partial charge in [0.2, 0.25) is 0 Å². The summed E-state index contributed by atoms with van der Waals surface area (Å²) in [5.41, 5.74) is 1.92. The van der Waals surface area contributed by atoms with E-state index >= 15 is 0 Å². The molecule has 1 N–H and O–H groups in total. The summed E-state index contributed by atoms with van der Waals surface area (Å²) in [5, 5.41) is 3.61. The molecule has 1 aromatic heterocycles. The number of hydrogen-bond donors (Lipinski definition) is 1. The molecule has 0 saturated carbocycles. The van der Waals surface area contributed by atoms with Crippen LogP contribution in [-0.2, 0) is 4.74 Å². The van der Waals surface area contributed by atoms with E-state index < -0.39 is 11.9 Å². The Balaban J connectivity index is 2.03. The number of nitrogens with one attached hydrogen (secondary N) is 1. The molecule has 5 nitrogen and oxygen atoms in total. The minimum absolute atomic E-state index is 0.201. The zero-order valence-electron chi connectivity index (χ0n) is 13.4. The smallest absolute Gasteiger partial charge is 0.340 e. The third-order valence-corrected chi connectivity index (χ3v) is 4.83. The number of carbonyl (C=O) groups is 2. The Morgan fingerprint density at radius 3 is 2.56 bits per heavy atom. The predicted octanol–water partition coefficient (Wildman–Crippen LogP) is 5.31. The zero-order chi connectivity index (χ0) is 18.1. The average molecular weight is 467 g/mol. The van der Waals surface area contributed by atoms with Crippen molar-refractivity contribution in [2.24, 2.45) is 0 Å². The van der Waals surface area contributed by atoms with Crippen molar-refractivity contribution in [3.63, 3.8) is 0 Å². The lowest BCUT2D eigenvalue weighted by molar-refractivity contribution is 0.0602. The summed E-state index contributed by atoms with van der Waals surface area (Å²) in [6.45, 7) is 1.82. The Kier molecular flexibility index (Phi) is 4.96. The third kappa shape index (κ3) is 3.34. The minimum atomic E-state index is -0.557. The lowest BCUT2D eigenvalue weighted by Gasteiger charge is -2.12. The molecule has 0 saturated heterocycles. The van der Waals surface area contributed by atoms with Gasteiger partial charge in [0.05, 0.1) is 18.4 Å². The number of benzene rings is 2. The molecule has 0 unspecified atom stereocenters. The van der Waals surface area contributed by atoms with E-state index in [2.05, 4.69) is 37.2 Å². The first-order valence-corrected chi connectivity index (χ1v) is 8.87. The van der Waals surface area contributed by atoms with Crippen molar-refractivity contribution < 1.29 is 18.7 Å². The first-order chi connectivity index (χ1) is 11.9. The molecule has 0 aliphatic rings. The molecule has 25 heavy (non-hydrogen) atoms. The Morgan fingerprint density at radius 2 is 1.88 bits per heavy atom. The van der Waals surface area contributed by atoms with Gasteiger partial charge in [-0.25, -0.2) is 4.79 Å². The van der Waals surface area contributed by atoms with Gasteiger partial charge in [-0.2, -0.15) is 0 Å². The summed E-state index contributed by atoms with van der Waals surface area (Å²) < 4.78 is 11.7. The van der Waals surface area contributed by atoms with Gasteiger partial charge >= 0.3 is 5.97 Å². The molecule has 0 radical (unpaired) electrons. The number of para-hydroxylation sites is 1. The van der Waals surface area contributed by atoms with Crippen molar-refractivity contribution in [3.8, 4) is 0 Å². The number of halogens is 2. The number of rotatable bonds is 3. The molecule has 0 aliphatic carbocycles. The number of methoxy groups -OCH3 is 1. The van der Waals surface area contributed by atoms with Gasteiger partial charge in [-0.05, 0) is 41.1 Å². The molecule has 7 heteroatoms. The number of aryl methyl sites for hydroxylation is 1. The summed E-state index contributed by atoms with van der Waals surface area (Å²) in [4.78, 5) is 24.7. The topological polar surface area (TPSA) is 68.5 Å². The summed E-state index contributed by atoms with van der Waals surface area (Å²) in [5.74, 6) is -0.799. The van der Waals surface area contributed by atoms with Gasteiger partial charge < -0.3 is 14.5 Å². The second-order valence-corrected chi connectivity index (χ2v) is 7.08. The van der Waals surface area contributed by atoms with Gasteiger partial charge in [-0.3, -0.25) is 4.79 Å². The van der Waals surface area contributed by atoms with Crippen LogP contribution >= 0.6 is 31.9 Å². The maximum atomic E-state index is 12.7. The van der Waals surface area contributed by atoms with Gasteiger partial charge in [0.25, 0.3) is 5.91 Å². The highest BCUT2D eigenvalue weighted by Gasteiger charge is 2.22. The highest BCUT2D eigenvalue weighted by Crippen LogP contribution is 2.33. The molecule has 0 spiro atoms. The van der Waals surface area contributed by atoms with E-state index in [-0.39, 0.29) is 11.3 Å². The van der Waals surface area contributed by atoms with Gasteiger partial charge in [0, 0.05) is 19.9 Å². The molecule has 1 amide bonds. The molecule has 0 bridgehead atoms. The molecule has 128 valence electrons. The summed E-state index contributed by atoms with van der Waals surface area (Å²) >= 11 is 6.69. The third-order valence-electron chi connectivity index (χ3n) is 3.75. The van der Waals surface area contributed by atoms with E-state index in [0.717, 1.165) is 10.9 Å². The lowest BCUT2D eigenvalue weighted by Crippen LogP contribution is -2.16. The summed E-state index contributed by atoms with van der Waals surface area (Å²) in [6.07, 6.45) is 0. The molecule has 3 rings (SSSR count). The molecule has 2 aromatic carbocycles. The highest BCUT2D eigenvalue weighted by atomic mass is 79.9. The fraction of sp³-hybridized carbons (Fsp3) is 0.111. The summed E-state index contributed by atoms with van der Waals surface area (Å²) in [6, 6.07) is 10.7. The van der Waals surface area contributed by atoms with Crippen molar-refractivity contribution >= 4 is 60.4 Å². The number of furan rings is 1. The summed E-state index contributed by atoms with van der Waals surface area (Å²) in [7, 11) is 1.28. The van der Waals surface area contributed by atoms with Gasteiger partial charge in [-0.1, -0.05) is 34.1 Å². The minimum Gasteiger partial charge on any atom is -0.465 e. The van der Waals surface area contributed by atoms with Crippen LogP contribution in [0.15, 0.2) is 49.8 Å². The highest BCUT2D eigenvalue weighted by molar-refractivity contribution is 9.11. The largest absolute Gasteiger partial charge is 0.465 e. The van der Waals surface area contributed by atoms with Gasteiger partial charge in [0.15, 0.2) is 5.76 Å². The Bertz CT molecular complexity index is 994. The number of anilines is 1. The number of amides is 1. The number of carbonyl (C=O) groups excluding carboxylic acids is 2. The Hall–Kier alpha value is -2.12. The first-order valence-electron chi connectivity index (χ1n) is 7.29. The van der Waals surface area contributed by atoms with E-state index in [1.54, 1.807) is 18.2 Å². The van der Waals surface area contributed by atoms with Gasteiger partial charge in [0.1, 0.15) is 5.58 Å². The van der Waals surface area contributed by atoms with E-state index in [4.69, 9.17) is 9.15 Å². The molecular weight excluding hydrogens is 454 g/mol. The molecule has 0 aliphatic heterocycles. The quantitative estimate of drug-likeness (QED) is 0.531. The number of hydrogen-bond acceptors (Lipinski definition) is 4. The van der Waals surface area contributed by atoms with Crippen molar-refractivity contribution in [2.75, 3.05) is 12.4 Å². The SMILES string of the molecule is COC(=O)c1cc(Br)cc(Br)c1NC(=O)c1oc2ccccc2c1C. The molecular formula is C18H13Br2NO4. The van der Waals surface area contributed by atoms with Crippen LogP contribution in [0.25, 0.3) is 11.0 Å². The maximum Gasteiger partial charge on any atom is 0.340 e.